The van der Waals surface area contributed by atoms with Crippen LogP contribution >= 0.6 is 0 Å². The van der Waals surface area contributed by atoms with Crippen LogP contribution in [0.25, 0.3) is 0 Å². The molecule has 0 fully saturated rings. The molecule has 0 saturated heterocycles. The fraction of sp³-hybridized carbons (Fsp3) is 0. The molecule has 0 rings (SSSR count). The van der Waals surface area contributed by atoms with Crippen LogP contribution in [0.1, 0.15) is 0 Å². The van der Waals surface area contributed by atoms with Crippen LogP contribution in [0.3, 0.4) is 0 Å². The first-order valence-electron chi connectivity index (χ1n) is 0.667. The summed E-state index contributed by atoms with van der Waals surface area (Å²) in [5.74, 6) is 0. The SMILES string of the molecule is [B]=[B].[B]=[B].[Ho]. The third kappa shape index (κ3) is 29.6. The van der Waals surface area contributed by atoms with Crippen LogP contribution in [0.15, 0.2) is 0 Å². The standard InChI is InChI=1S/2B2.Ho/c2*1-2;. The van der Waals surface area contributed by atoms with E-state index in [1.54, 1.807) is 0 Å². The Bertz CT molecular complexity index is 5.61. The number of hydrogen-bond donors (Lipinski definition) is 0. The molecule has 5 heteroatoms. The minimum Gasteiger partial charge on any atom is 0 e. The van der Waals surface area contributed by atoms with Crippen molar-refractivity contribution in [1.29, 1.82) is 0 Å². The molecule has 5 heavy (non-hydrogen) atoms. The van der Waals surface area contributed by atoms with Gasteiger partial charge in [-0.15, -0.1) is 0 Å². The van der Waals surface area contributed by atoms with Crippen LogP contribution in [0.2, 0.25) is 0 Å². The third-order valence-corrected chi connectivity index (χ3v) is 0. The second-order valence-corrected chi connectivity index (χ2v) is 0. The van der Waals surface area contributed by atoms with Gasteiger partial charge in [0.15, 0.2) is 0 Å². The molecule has 0 saturated carbocycles. The molecule has 0 aliphatic rings. The summed E-state index contributed by atoms with van der Waals surface area (Å²) < 4.78 is 0. The van der Waals surface area contributed by atoms with Gasteiger partial charge < -0.3 is 0 Å². The van der Waals surface area contributed by atoms with Crippen molar-refractivity contribution in [3.05, 3.63) is 0 Å². The molecule has 0 bridgehead atoms. The maximum absolute atomic E-state index is 4.00. The molecule has 0 aliphatic heterocycles. The van der Waals surface area contributed by atoms with E-state index in [0.717, 1.165) is 0 Å². The number of rotatable bonds is 0. The van der Waals surface area contributed by atoms with E-state index in [4.69, 9.17) is 0 Å². The molecule has 0 spiro atoms. The molecule has 0 amide bonds. The Labute approximate surface area is 66.6 Å². The average Bonchev–Trinajstić information content (AvgIpc) is 1.50. The second kappa shape index (κ2) is 48.8. The van der Waals surface area contributed by atoms with Crippen molar-refractivity contribution in [2.75, 3.05) is 0 Å². The van der Waals surface area contributed by atoms with Gasteiger partial charge in [0.25, 0.3) is 0 Å². The molecule has 0 unspecified atom stereocenters. The van der Waals surface area contributed by atoms with Crippen LogP contribution in [0.4, 0.5) is 0 Å². The fourth-order valence-corrected chi connectivity index (χ4v) is 0. The van der Waals surface area contributed by atoms with Crippen molar-refractivity contribution in [2.24, 2.45) is 0 Å². The Morgan fingerprint density at radius 2 is 0.600 bits per heavy atom. The predicted octanol–water partition coefficient (Wildman–Crippen LogP) is -1.52. The van der Waals surface area contributed by atoms with Crippen molar-refractivity contribution in [3.8, 4) is 0 Å². The molecule has 0 N–H and O–H groups in total. The van der Waals surface area contributed by atoms with E-state index in [-0.39, 0.29) is 37.7 Å². The normalized spacial score (nSPS) is 0.800. The molecule has 0 heterocycles. The van der Waals surface area contributed by atoms with E-state index < -0.39 is 0 Å². The van der Waals surface area contributed by atoms with Crippen molar-refractivity contribution in [3.63, 3.8) is 0 Å². The van der Waals surface area contributed by atoms with E-state index >= 15 is 0 Å². The quantitative estimate of drug-likeness (QED) is 0.424. The van der Waals surface area contributed by atoms with E-state index in [2.05, 4.69) is 29.5 Å². The number of hydrogen-bond acceptors (Lipinski definition) is 0. The molecule has 0 aromatic carbocycles. The second-order valence-electron chi connectivity index (χ2n) is 0. The van der Waals surface area contributed by atoms with Crippen LogP contribution in [-0.2, 0) is 0 Å². The minimum absolute atomic E-state index is 0. The van der Waals surface area contributed by atoms with E-state index in [0.29, 0.717) is 0 Å². The maximum Gasteiger partial charge on any atom is 0 e. The Morgan fingerprint density at radius 1 is 0.600 bits per heavy atom. The zero-order chi connectivity index (χ0) is 4.00. The molecule has 0 atom stereocenters. The summed E-state index contributed by atoms with van der Waals surface area (Å²) in [5.41, 5.74) is 0. The molecule has 0 nitrogen and oxygen atoms in total. The van der Waals surface area contributed by atoms with Gasteiger partial charge in [0.05, 0.1) is 0 Å². The van der Waals surface area contributed by atoms with Crippen molar-refractivity contribution in [1.82, 2.24) is 0 Å². The summed E-state index contributed by atoms with van der Waals surface area (Å²) in [6, 6.07) is 0. The van der Waals surface area contributed by atoms with Gasteiger partial charge in [-0.05, 0) is 0 Å². The van der Waals surface area contributed by atoms with Gasteiger partial charge in [-0.25, -0.2) is 0 Å². The Balaban J connectivity index is -0.0000000133. The Morgan fingerprint density at radius 3 is 0.600 bits per heavy atom. The van der Waals surface area contributed by atoms with Gasteiger partial charge in [0.1, 0.15) is 0 Å². The predicted molar refractivity (Wildman–Crippen MR) is 23.0 cm³/mol. The van der Waals surface area contributed by atoms with Crippen LogP contribution in [-0.4, -0.2) is 29.5 Å². The molecule has 5 radical (unpaired) electrons. The average molecular weight is 208 g/mol. The molecule has 23 valence electrons. The van der Waals surface area contributed by atoms with E-state index in [1.165, 1.54) is 0 Å². The van der Waals surface area contributed by atoms with Crippen LogP contribution < -0.4 is 0 Å². The van der Waals surface area contributed by atoms with Gasteiger partial charge in [-0.3, -0.25) is 0 Å². The van der Waals surface area contributed by atoms with Gasteiger partial charge in [-0.2, -0.15) is 0 Å². The zero-order valence-corrected chi connectivity index (χ0v) is 4.55. The summed E-state index contributed by atoms with van der Waals surface area (Å²) in [6.07, 6.45) is 0. The molecule has 0 aromatic heterocycles. The smallest absolute Gasteiger partial charge is 0 e. The maximum atomic E-state index is 4.00. The molecular formula is B4Ho. The van der Waals surface area contributed by atoms with Crippen molar-refractivity contribution >= 4 is 29.5 Å². The van der Waals surface area contributed by atoms with Gasteiger partial charge in [0.2, 0.25) is 0 Å². The first kappa shape index (κ1) is 16.0. The van der Waals surface area contributed by atoms with E-state index in [1.807, 2.05) is 0 Å². The molecule has 0 aromatic rings. The largest absolute Gasteiger partial charge is 0 e. The van der Waals surface area contributed by atoms with Crippen molar-refractivity contribution < 1.29 is 37.7 Å². The Hall–Kier alpha value is 1.52. The topological polar surface area (TPSA) is 0 Å². The zero-order valence-electron chi connectivity index (χ0n) is 2.61. The van der Waals surface area contributed by atoms with E-state index in [9.17, 15) is 0 Å². The summed E-state index contributed by atoms with van der Waals surface area (Å²) in [5, 5.41) is 0. The van der Waals surface area contributed by atoms with Crippen LogP contribution in [0, 0.1) is 37.7 Å². The summed E-state index contributed by atoms with van der Waals surface area (Å²) >= 11 is 0. The van der Waals surface area contributed by atoms with Crippen molar-refractivity contribution in [2.45, 2.75) is 0 Å². The van der Waals surface area contributed by atoms with Gasteiger partial charge >= 0.3 is 29.5 Å². The monoisotopic (exact) mass is 209 g/mol. The first-order valence-corrected chi connectivity index (χ1v) is 0.667. The molecule has 0 aliphatic carbocycles. The third-order valence-electron chi connectivity index (χ3n) is 0. The van der Waals surface area contributed by atoms with Crippen LogP contribution in [0.5, 0.6) is 0 Å². The van der Waals surface area contributed by atoms with Gasteiger partial charge in [0, 0.05) is 37.7 Å². The summed E-state index contributed by atoms with van der Waals surface area (Å²) in [4.78, 5) is 0. The summed E-state index contributed by atoms with van der Waals surface area (Å²) in [7, 11) is 16.0. The fourth-order valence-electron chi connectivity index (χ4n) is 0. The Kier molecular flexibility index (Phi) is 157. The minimum atomic E-state index is 0. The molecular weight excluding hydrogens is 208 g/mol. The first-order chi connectivity index (χ1) is 2.00. The summed E-state index contributed by atoms with van der Waals surface area (Å²) in [6.45, 7) is 0. The van der Waals surface area contributed by atoms with Gasteiger partial charge in [-0.1, -0.05) is 0 Å².